The Kier molecular flexibility index (Phi) is 4.01. The number of rotatable bonds is 4. The molecule has 0 fully saturated rings. The first-order valence-corrected chi connectivity index (χ1v) is 6.55. The number of fused-ring (bicyclic) bond motifs is 1. The Morgan fingerprint density at radius 3 is 2.05 bits per heavy atom. The zero-order valence-electron chi connectivity index (χ0n) is 12.3. The van der Waals surface area contributed by atoms with E-state index in [0.29, 0.717) is 23.4 Å². The molecule has 1 aliphatic rings. The second kappa shape index (κ2) is 5.56. The van der Waals surface area contributed by atoms with Crippen molar-refractivity contribution in [1.29, 1.82) is 0 Å². The third-order valence-corrected chi connectivity index (χ3v) is 3.01. The molecule has 5 nitrogen and oxygen atoms in total. The molecule has 2 amide bonds. The number of hydrogen-bond acceptors (Lipinski definition) is 3. The van der Waals surface area contributed by atoms with E-state index in [2.05, 4.69) is 0 Å². The van der Waals surface area contributed by atoms with Gasteiger partial charge in [0.25, 0.3) is 11.8 Å². The van der Waals surface area contributed by atoms with Crippen molar-refractivity contribution in [3.8, 4) is 0 Å². The van der Waals surface area contributed by atoms with Gasteiger partial charge in [-0.25, -0.2) is 4.90 Å². The van der Waals surface area contributed by atoms with Gasteiger partial charge in [-0.2, -0.15) is 0 Å². The number of benzene rings is 1. The number of carbonyl (C=O) groups is 2. The zero-order valence-corrected chi connectivity index (χ0v) is 12.3. The molecule has 0 spiro atoms. The van der Waals surface area contributed by atoms with Crippen LogP contribution in [0.3, 0.4) is 0 Å². The minimum Gasteiger partial charge on any atom is -0.312 e. The Balaban J connectivity index is 2.42. The number of hydrogen-bond donors (Lipinski definition) is 1. The van der Waals surface area contributed by atoms with E-state index in [1.165, 1.54) is 4.90 Å². The molecule has 106 valence electrons. The van der Waals surface area contributed by atoms with Crippen LogP contribution in [0.2, 0.25) is 0 Å². The molecule has 20 heavy (non-hydrogen) atoms. The van der Waals surface area contributed by atoms with Gasteiger partial charge in [0.05, 0.1) is 30.9 Å². The summed E-state index contributed by atoms with van der Waals surface area (Å²) in [5, 5.41) is 0. The summed E-state index contributed by atoms with van der Waals surface area (Å²) in [7, 11) is 7.73. The SMILES string of the molecule is CN(C)C/C(=C/[NH+](C)C)N1C(=O)c2ccccc2C1=O. The third-order valence-electron chi connectivity index (χ3n) is 3.01. The molecule has 0 unspecified atom stereocenters. The fourth-order valence-corrected chi connectivity index (χ4v) is 2.29. The van der Waals surface area contributed by atoms with Gasteiger partial charge >= 0.3 is 0 Å². The lowest BCUT2D eigenvalue weighted by molar-refractivity contribution is -0.802. The maximum atomic E-state index is 12.4. The number of likely N-dealkylation sites (N-methyl/N-ethyl adjacent to an activating group) is 1. The highest BCUT2D eigenvalue weighted by Gasteiger charge is 2.38. The van der Waals surface area contributed by atoms with E-state index in [0.717, 1.165) is 4.90 Å². The van der Waals surface area contributed by atoms with E-state index in [1.807, 2.05) is 39.3 Å². The zero-order chi connectivity index (χ0) is 14.9. The number of nitrogens with one attached hydrogen (secondary N) is 1. The topological polar surface area (TPSA) is 45.1 Å². The van der Waals surface area contributed by atoms with Crippen molar-refractivity contribution in [2.75, 3.05) is 34.7 Å². The Labute approximate surface area is 119 Å². The third kappa shape index (κ3) is 2.64. The van der Waals surface area contributed by atoms with Crippen molar-refractivity contribution in [3.63, 3.8) is 0 Å². The van der Waals surface area contributed by atoms with Crippen LogP contribution in [0.25, 0.3) is 0 Å². The first-order chi connectivity index (χ1) is 9.41. The van der Waals surface area contributed by atoms with Crippen molar-refractivity contribution in [2.45, 2.75) is 0 Å². The van der Waals surface area contributed by atoms with Gasteiger partial charge in [-0.1, -0.05) is 12.1 Å². The van der Waals surface area contributed by atoms with E-state index in [4.69, 9.17) is 0 Å². The molecular weight excluding hydrogens is 254 g/mol. The van der Waals surface area contributed by atoms with Gasteiger partial charge in [-0.3, -0.25) is 9.59 Å². The summed E-state index contributed by atoms with van der Waals surface area (Å²) in [6, 6.07) is 6.96. The quantitative estimate of drug-likeness (QED) is 0.775. The Morgan fingerprint density at radius 1 is 1.15 bits per heavy atom. The van der Waals surface area contributed by atoms with Crippen molar-refractivity contribution >= 4 is 11.8 Å². The molecule has 0 saturated heterocycles. The molecule has 1 aromatic rings. The van der Waals surface area contributed by atoms with Crippen molar-refractivity contribution < 1.29 is 14.5 Å². The average Bonchev–Trinajstić information content (AvgIpc) is 2.61. The van der Waals surface area contributed by atoms with Crippen LogP contribution in [-0.2, 0) is 0 Å². The molecular formula is C15H20N3O2+. The maximum Gasteiger partial charge on any atom is 0.266 e. The number of imide groups is 1. The minimum atomic E-state index is -0.236. The van der Waals surface area contributed by atoms with E-state index in [9.17, 15) is 9.59 Å². The molecule has 2 rings (SSSR count). The molecule has 1 heterocycles. The van der Waals surface area contributed by atoms with Crippen molar-refractivity contribution in [2.24, 2.45) is 0 Å². The highest BCUT2D eigenvalue weighted by atomic mass is 16.2. The van der Waals surface area contributed by atoms with Gasteiger partial charge in [0.1, 0.15) is 6.20 Å². The number of nitrogens with zero attached hydrogens (tertiary/aromatic N) is 2. The predicted molar refractivity (Wildman–Crippen MR) is 76.4 cm³/mol. The lowest BCUT2D eigenvalue weighted by atomic mass is 10.1. The number of amides is 2. The van der Waals surface area contributed by atoms with Crippen LogP contribution < -0.4 is 4.90 Å². The number of carbonyl (C=O) groups excluding carboxylic acids is 2. The molecule has 1 aromatic carbocycles. The second-order valence-corrected chi connectivity index (χ2v) is 5.44. The van der Waals surface area contributed by atoms with Crippen LogP contribution in [0.1, 0.15) is 20.7 Å². The van der Waals surface area contributed by atoms with Crippen LogP contribution in [-0.4, -0.2) is 56.3 Å². The smallest absolute Gasteiger partial charge is 0.266 e. The summed E-state index contributed by atoms with van der Waals surface area (Å²) in [4.78, 5) is 29.2. The van der Waals surface area contributed by atoms with Gasteiger partial charge in [0.2, 0.25) is 0 Å². The van der Waals surface area contributed by atoms with Gasteiger partial charge < -0.3 is 9.80 Å². The maximum absolute atomic E-state index is 12.4. The Bertz CT molecular complexity index is 541. The molecule has 0 aromatic heterocycles. The molecule has 0 atom stereocenters. The van der Waals surface area contributed by atoms with Crippen LogP contribution in [0.4, 0.5) is 0 Å². The van der Waals surface area contributed by atoms with Gasteiger partial charge in [0, 0.05) is 6.54 Å². The van der Waals surface area contributed by atoms with Crippen LogP contribution >= 0.6 is 0 Å². The van der Waals surface area contributed by atoms with E-state index in [1.54, 1.807) is 24.3 Å². The fourth-order valence-electron chi connectivity index (χ4n) is 2.29. The fraction of sp³-hybridized carbons (Fsp3) is 0.333. The van der Waals surface area contributed by atoms with E-state index < -0.39 is 0 Å². The normalized spacial score (nSPS) is 15.5. The molecule has 0 bridgehead atoms. The highest BCUT2D eigenvalue weighted by molar-refractivity contribution is 6.22. The second-order valence-electron chi connectivity index (χ2n) is 5.44. The summed E-state index contributed by atoms with van der Waals surface area (Å²) in [6.45, 7) is 0.538. The summed E-state index contributed by atoms with van der Waals surface area (Å²) in [5.74, 6) is -0.472. The van der Waals surface area contributed by atoms with E-state index >= 15 is 0 Å². The summed E-state index contributed by atoms with van der Waals surface area (Å²) in [6.07, 6.45) is 1.89. The van der Waals surface area contributed by atoms with Crippen LogP contribution in [0.5, 0.6) is 0 Å². The van der Waals surface area contributed by atoms with Gasteiger partial charge in [-0.05, 0) is 26.2 Å². The summed E-state index contributed by atoms with van der Waals surface area (Å²) in [5.41, 5.74) is 1.67. The average molecular weight is 274 g/mol. The summed E-state index contributed by atoms with van der Waals surface area (Å²) < 4.78 is 0. The lowest BCUT2D eigenvalue weighted by Gasteiger charge is -2.21. The molecule has 0 aliphatic carbocycles. The first-order valence-electron chi connectivity index (χ1n) is 6.55. The lowest BCUT2D eigenvalue weighted by Crippen LogP contribution is -3.00. The minimum absolute atomic E-state index is 0.236. The highest BCUT2D eigenvalue weighted by Crippen LogP contribution is 2.25. The first kappa shape index (κ1) is 14.4. The number of quaternary nitrogens is 1. The van der Waals surface area contributed by atoms with Crippen molar-refractivity contribution in [1.82, 2.24) is 9.80 Å². The predicted octanol–water partition coefficient (Wildman–Crippen LogP) is -0.170. The van der Waals surface area contributed by atoms with Crippen LogP contribution in [0, 0.1) is 0 Å². The Morgan fingerprint density at radius 2 is 1.65 bits per heavy atom. The summed E-state index contributed by atoms with van der Waals surface area (Å²) >= 11 is 0. The van der Waals surface area contributed by atoms with Gasteiger partial charge in [-0.15, -0.1) is 0 Å². The molecule has 0 radical (unpaired) electrons. The Hall–Kier alpha value is -1.98. The molecule has 1 N–H and O–H groups in total. The van der Waals surface area contributed by atoms with E-state index in [-0.39, 0.29) is 11.8 Å². The van der Waals surface area contributed by atoms with Crippen LogP contribution in [0.15, 0.2) is 36.2 Å². The standard InChI is InChI=1S/C15H19N3O2/c1-16(2)9-11(10-17(3)4)18-14(19)12-7-5-6-8-13(12)15(18)20/h5-9H,10H2,1-4H3/p+1/b11-9-. The molecule has 1 aliphatic heterocycles. The largest absolute Gasteiger partial charge is 0.312 e. The monoisotopic (exact) mass is 274 g/mol. The molecule has 5 heteroatoms. The van der Waals surface area contributed by atoms with Gasteiger partial charge in [0.15, 0.2) is 0 Å². The molecule has 0 saturated carbocycles. The van der Waals surface area contributed by atoms with Crippen molar-refractivity contribution in [3.05, 3.63) is 47.3 Å².